The van der Waals surface area contributed by atoms with Gasteiger partial charge in [-0.15, -0.1) is 10.2 Å². The number of benzene rings is 3. The second-order valence-corrected chi connectivity index (χ2v) is 7.01. The summed E-state index contributed by atoms with van der Waals surface area (Å²) in [6, 6.07) is 20.5. The van der Waals surface area contributed by atoms with Crippen LogP contribution < -0.4 is 10.1 Å². The van der Waals surface area contributed by atoms with Crippen LogP contribution in [0.5, 0.6) is 5.75 Å². The fraction of sp³-hybridized carbons (Fsp3) is 0.125. The quantitative estimate of drug-likeness (QED) is 0.494. The average molecular weight is 399 g/mol. The van der Waals surface area contributed by atoms with Crippen molar-refractivity contribution in [3.8, 4) is 28.7 Å². The molecule has 0 saturated carbocycles. The minimum Gasteiger partial charge on any atom is -0.495 e. The summed E-state index contributed by atoms with van der Waals surface area (Å²) < 4.78 is 11.1. The molecular formula is C24H21N3O3. The van der Waals surface area contributed by atoms with Crippen molar-refractivity contribution in [1.29, 1.82) is 0 Å². The van der Waals surface area contributed by atoms with E-state index >= 15 is 0 Å². The predicted octanol–water partition coefficient (Wildman–Crippen LogP) is 5.28. The van der Waals surface area contributed by atoms with Crippen molar-refractivity contribution in [2.24, 2.45) is 0 Å². The molecule has 1 heterocycles. The highest BCUT2D eigenvalue weighted by atomic mass is 16.5. The molecule has 4 aromatic rings. The molecule has 150 valence electrons. The number of nitrogens with one attached hydrogen (secondary N) is 1. The minimum atomic E-state index is -0.226. The van der Waals surface area contributed by atoms with Crippen molar-refractivity contribution in [1.82, 2.24) is 10.2 Å². The smallest absolute Gasteiger partial charge is 0.255 e. The van der Waals surface area contributed by atoms with Gasteiger partial charge in [0.1, 0.15) is 5.75 Å². The second-order valence-electron chi connectivity index (χ2n) is 7.01. The Morgan fingerprint density at radius 1 is 0.833 bits per heavy atom. The number of hydrogen-bond acceptors (Lipinski definition) is 5. The fourth-order valence-electron chi connectivity index (χ4n) is 3.03. The lowest BCUT2D eigenvalue weighted by atomic mass is 10.1. The Bertz CT molecular complexity index is 1180. The molecule has 0 radical (unpaired) electrons. The first-order valence-corrected chi connectivity index (χ1v) is 9.50. The summed E-state index contributed by atoms with van der Waals surface area (Å²) in [7, 11) is 1.57. The number of carbonyl (C=O) groups is 1. The van der Waals surface area contributed by atoms with Gasteiger partial charge in [0.05, 0.1) is 12.8 Å². The Hall–Kier alpha value is -3.93. The molecule has 1 N–H and O–H groups in total. The molecule has 0 fully saturated rings. The molecule has 0 spiro atoms. The van der Waals surface area contributed by atoms with E-state index in [9.17, 15) is 4.79 Å². The third kappa shape index (κ3) is 4.07. The molecule has 3 aromatic carbocycles. The summed E-state index contributed by atoms with van der Waals surface area (Å²) in [5.41, 5.74) is 4.94. The first-order chi connectivity index (χ1) is 14.5. The molecule has 0 aliphatic heterocycles. The van der Waals surface area contributed by atoms with Gasteiger partial charge < -0.3 is 14.5 Å². The van der Waals surface area contributed by atoms with Gasteiger partial charge in [0.15, 0.2) is 0 Å². The number of rotatable bonds is 5. The van der Waals surface area contributed by atoms with Gasteiger partial charge in [-0.3, -0.25) is 4.79 Å². The zero-order valence-electron chi connectivity index (χ0n) is 17.0. The summed E-state index contributed by atoms with van der Waals surface area (Å²) in [6.07, 6.45) is 0. The average Bonchev–Trinajstić information content (AvgIpc) is 3.25. The van der Waals surface area contributed by atoms with Crippen molar-refractivity contribution < 1.29 is 13.9 Å². The van der Waals surface area contributed by atoms with Gasteiger partial charge >= 0.3 is 0 Å². The van der Waals surface area contributed by atoms with Gasteiger partial charge in [0.25, 0.3) is 5.91 Å². The van der Waals surface area contributed by atoms with Crippen LogP contribution in [0, 0.1) is 13.8 Å². The number of carbonyl (C=O) groups excluding carboxylic acids is 1. The van der Waals surface area contributed by atoms with Crippen LogP contribution in [-0.4, -0.2) is 23.2 Å². The van der Waals surface area contributed by atoms with Gasteiger partial charge in [-0.05, 0) is 67.9 Å². The highest BCUT2D eigenvalue weighted by Gasteiger charge is 2.13. The van der Waals surface area contributed by atoms with Gasteiger partial charge in [0.2, 0.25) is 11.8 Å². The predicted molar refractivity (Wildman–Crippen MR) is 116 cm³/mol. The molecule has 30 heavy (non-hydrogen) atoms. The number of amides is 1. The standard InChI is InChI=1S/C24H21N3O3/c1-15-4-7-18(8-5-15)23-26-27-24(30-23)19-11-9-17(10-12-19)22(28)25-20-14-16(2)6-13-21(20)29-3/h4-14H,1-3H3,(H,25,28). The third-order valence-corrected chi connectivity index (χ3v) is 4.72. The van der Waals surface area contributed by atoms with E-state index in [1.165, 1.54) is 0 Å². The lowest BCUT2D eigenvalue weighted by Crippen LogP contribution is -2.12. The van der Waals surface area contributed by atoms with Crippen molar-refractivity contribution in [2.45, 2.75) is 13.8 Å². The van der Waals surface area contributed by atoms with E-state index in [4.69, 9.17) is 9.15 Å². The second kappa shape index (κ2) is 8.21. The monoisotopic (exact) mass is 399 g/mol. The molecule has 1 amide bonds. The van der Waals surface area contributed by atoms with Crippen LogP contribution in [0.1, 0.15) is 21.5 Å². The Morgan fingerprint density at radius 3 is 2.00 bits per heavy atom. The van der Waals surface area contributed by atoms with E-state index in [-0.39, 0.29) is 5.91 Å². The van der Waals surface area contributed by atoms with Crippen LogP contribution in [0.15, 0.2) is 71.1 Å². The van der Waals surface area contributed by atoms with E-state index in [2.05, 4.69) is 15.5 Å². The number of aromatic nitrogens is 2. The Kier molecular flexibility index (Phi) is 5.30. The molecular weight excluding hydrogens is 378 g/mol. The third-order valence-electron chi connectivity index (χ3n) is 4.72. The van der Waals surface area contributed by atoms with E-state index in [0.717, 1.165) is 22.3 Å². The molecule has 0 atom stereocenters. The highest BCUT2D eigenvalue weighted by molar-refractivity contribution is 6.05. The van der Waals surface area contributed by atoms with E-state index < -0.39 is 0 Å². The SMILES string of the molecule is COc1ccc(C)cc1NC(=O)c1ccc(-c2nnc(-c3ccc(C)cc3)o2)cc1. The first-order valence-electron chi connectivity index (χ1n) is 9.50. The van der Waals surface area contributed by atoms with E-state index in [1.54, 1.807) is 31.4 Å². The normalized spacial score (nSPS) is 10.6. The zero-order valence-corrected chi connectivity index (χ0v) is 17.0. The molecule has 6 nitrogen and oxygen atoms in total. The van der Waals surface area contributed by atoms with Crippen LogP contribution >= 0.6 is 0 Å². The van der Waals surface area contributed by atoms with Gasteiger partial charge in [-0.25, -0.2) is 0 Å². The highest BCUT2D eigenvalue weighted by Crippen LogP contribution is 2.27. The fourth-order valence-corrected chi connectivity index (χ4v) is 3.03. The summed E-state index contributed by atoms with van der Waals surface area (Å²) in [4.78, 5) is 12.6. The van der Waals surface area contributed by atoms with Crippen molar-refractivity contribution in [3.63, 3.8) is 0 Å². The zero-order chi connectivity index (χ0) is 21.1. The van der Waals surface area contributed by atoms with Crippen molar-refractivity contribution in [3.05, 3.63) is 83.4 Å². The lowest BCUT2D eigenvalue weighted by molar-refractivity contribution is 0.102. The maximum atomic E-state index is 12.6. The van der Waals surface area contributed by atoms with Crippen molar-refractivity contribution >= 4 is 11.6 Å². The first kappa shape index (κ1) is 19.4. The van der Waals surface area contributed by atoms with Gasteiger partial charge in [0, 0.05) is 16.7 Å². The summed E-state index contributed by atoms with van der Waals surface area (Å²) >= 11 is 0. The van der Waals surface area contributed by atoms with Crippen LogP contribution in [-0.2, 0) is 0 Å². The molecule has 0 aliphatic carbocycles. The van der Waals surface area contributed by atoms with Gasteiger partial charge in [-0.2, -0.15) is 0 Å². The number of aryl methyl sites for hydroxylation is 2. The Labute approximate surface area is 174 Å². The number of methoxy groups -OCH3 is 1. The van der Waals surface area contributed by atoms with Crippen molar-refractivity contribution in [2.75, 3.05) is 12.4 Å². The van der Waals surface area contributed by atoms with Crippen LogP contribution in [0.4, 0.5) is 5.69 Å². The van der Waals surface area contributed by atoms with Crippen LogP contribution in [0.2, 0.25) is 0 Å². The summed E-state index contributed by atoms with van der Waals surface area (Å²) in [5, 5.41) is 11.1. The minimum absolute atomic E-state index is 0.226. The van der Waals surface area contributed by atoms with Gasteiger partial charge in [-0.1, -0.05) is 23.8 Å². The number of anilines is 1. The molecule has 0 bridgehead atoms. The molecule has 0 unspecified atom stereocenters. The van der Waals surface area contributed by atoms with E-state index in [1.807, 2.05) is 56.3 Å². The molecule has 0 saturated heterocycles. The maximum Gasteiger partial charge on any atom is 0.255 e. The molecule has 1 aromatic heterocycles. The molecule has 4 rings (SSSR count). The summed E-state index contributed by atoms with van der Waals surface area (Å²) in [6.45, 7) is 3.98. The van der Waals surface area contributed by atoms with Crippen LogP contribution in [0.3, 0.4) is 0 Å². The number of nitrogens with zero attached hydrogens (tertiary/aromatic N) is 2. The summed E-state index contributed by atoms with van der Waals surface area (Å²) in [5.74, 6) is 1.24. The Morgan fingerprint density at radius 2 is 1.40 bits per heavy atom. The maximum absolute atomic E-state index is 12.6. The topological polar surface area (TPSA) is 77.2 Å². The lowest BCUT2D eigenvalue weighted by Gasteiger charge is -2.11. The number of hydrogen-bond donors (Lipinski definition) is 1. The molecule has 0 aliphatic rings. The largest absolute Gasteiger partial charge is 0.495 e. The molecule has 6 heteroatoms. The number of ether oxygens (including phenoxy) is 1. The van der Waals surface area contributed by atoms with Crippen LogP contribution in [0.25, 0.3) is 22.9 Å². The van der Waals surface area contributed by atoms with E-state index in [0.29, 0.717) is 28.8 Å². The Balaban J connectivity index is 1.51.